The van der Waals surface area contributed by atoms with Crippen molar-refractivity contribution in [2.45, 2.75) is 20.0 Å². The van der Waals surface area contributed by atoms with Crippen LogP contribution in [0.3, 0.4) is 0 Å². The maximum atomic E-state index is 11.8. The Morgan fingerprint density at radius 1 is 1.25 bits per heavy atom. The highest BCUT2D eigenvalue weighted by Crippen LogP contribution is 1.99. The van der Waals surface area contributed by atoms with Crippen LogP contribution in [0.2, 0.25) is 0 Å². The Morgan fingerprint density at radius 3 is 2.35 bits per heavy atom. The third-order valence-electron chi connectivity index (χ3n) is 2.05. The van der Waals surface area contributed by atoms with E-state index < -0.39 is 29.9 Å². The molecule has 0 heterocycles. The van der Waals surface area contributed by atoms with E-state index in [-0.39, 0.29) is 13.2 Å². The molecule has 0 rings (SSSR count). The lowest BCUT2D eigenvalue weighted by molar-refractivity contribution is -0.157. The summed E-state index contributed by atoms with van der Waals surface area (Å²) >= 11 is 0. The number of hydrogen-bond donors (Lipinski definition) is 1. The Balaban J connectivity index is 4.36. The van der Waals surface area contributed by atoms with Crippen molar-refractivity contribution in [1.82, 2.24) is 4.90 Å². The fourth-order valence-corrected chi connectivity index (χ4v) is 1.19. The van der Waals surface area contributed by atoms with Gasteiger partial charge in [-0.05, 0) is 13.8 Å². The molecule has 0 aliphatic rings. The molecule has 1 amide bonds. The molecule has 0 saturated carbocycles. The number of nitrogens with zero attached hydrogens (tertiary/aromatic N) is 1. The number of ether oxygens (including phenoxy) is 2. The predicted molar refractivity (Wildman–Crippen MR) is 66.6 cm³/mol. The van der Waals surface area contributed by atoms with E-state index in [1.165, 1.54) is 14.0 Å². The lowest BCUT2D eigenvalue weighted by Gasteiger charge is -2.20. The molecule has 0 fully saturated rings. The van der Waals surface area contributed by atoms with Crippen LogP contribution in [-0.4, -0.2) is 60.1 Å². The van der Waals surface area contributed by atoms with Crippen LogP contribution < -0.4 is 0 Å². The number of esters is 2. The number of carbonyl (C=O) groups is 4. The molecular formula is C12H17NO7. The largest absolute Gasteiger partial charge is 0.478 e. The summed E-state index contributed by atoms with van der Waals surface area (Å²) in [5, 5.41) is 8.32. The smallest absolute Gasteiger partial charge is 0.331 e. The van der Waals surface area contributed by atoms with Gasteiger partial charge in [0.2, 0.25) is 0 Å². The van der Waals surface area contributed by atoms with Crippen LogP contribution in [-0.2, 0) is 28.7 Å². The third-order valence-corrected chi connectivity index (χ3v) is 2.05. The number of carboxylic acid groups (broad SMARTS) is 1. The maximum Gasteiger partial charge on any atom is 0.331 e. The second-order valence-corrected chi connectivity index (χ2v) is 3.75. The van der Waals surface area contributed by atoms with Gasteiger partial charge < -0.3 is 19.5 Å². The fraction of sp³-hybridized carbons (Fsp3) is 0.500. The van der Waals surface area contributed by atoms with Crippen LogP contribution in [0.4, 0.5) is 0 Å². The maximum absolute atomic E-state index is 11.8. The van der Waals surface area contributed by atoms with Crippen molar-refractivity contribution in [2.75, 3.05) is 20.2 Å². The number of likely N-dealkylation sites (N-methyl/N-ethyl adjacent to an activating group) is 1. The highest BCUT2D eigenvalue weighted by molar-refractivity contribution is 5.92. The molecule has 8 nitrogen and oxygen atoms in total. The van der Waals surface area contributed by atoms with Crippen molar-refractivity contribution < 1.29 is 33.8 Å². The second kappa shape index (κ2) is 8.68. The van der Waals surface area contributed by atoms with Gasteiger partial charge in [-0.3, -0.25) is 9.59 Å². The van der Waals surface area contributed by atoms with Crippen molar-refractivity contribution in [3.63, 3.8) is 0 Å². The Bertz CT molecular complexity index is 416. The van der Waals surface area contributed by atoms with E-state index >= 15 is 0 Å². The van der Waals surface area contributed by atoms with E-state index in [2.05, 4.69) is 4.74 Å². The number of carboxylic acids is 1. The Kier molecular flexibility index (Phi) is 7.64. The van der Waals surface area contributed by atoms with Gasteiger partial charge >= 0.3 is 17.9 Å². The average Bonchev–Trinajstić information content (AvgIpc) is 2.35. The SMILES string of the molecule is CCOC(=O)CN(C)C(=O)C(C)OC(=O)C=CC(=O)O. The molecule has 0 aromatic carbocycles. The van der Waals surface area contributed by atoms with Gasteiger partial charge in [-0.25, -0.2) is 9.59 Å². The zero-order chi connectivity index (χ0) is 15.7. The zero-order valence-electron chi connectivity index (χ0n) is 11.5. The van der Waals surface area contributed by atoms with Crippen LogP contribution in [0, 0.1) is 0 Å². The first-order valence-corrected chi connectivity index (χ1v) is 5.80. The van der Waals surface area contributed by atoms with E-state index in [1.54, 1.807) is 6.92 Å². The minimum absolute atomic E-state index is 0.200. The molecule has 1 atom stereocenters. The number of carbonyl (C=O) groups excluding carboxylic acids is 3. The summed E-state index contributed by atoms with van der Waals surface area (Å²) in [7, 11) is 1.36. The lowest BCUT2D eigenvalue weighted by atomic mass is 10.3. The van der Waals surface area contributed by atoms with Gasteiger partial charge in [-0.2, -0.15) is 0 Å². The first-order chi connectivity index (χ1) is 9.27. The minimum atomic E-state index is -1.31. The highest BCUT2D eigenvalue weighted by atomic mass is 16.5. The molecular weight excluding hydrogens is 270 g/mol. The van der Waals surface area contributed by atoms with E-state index in [4.69, 9.17) is 9.84 Å². The van der Waals surface area contributed by atoms with Gasteiger partial charge in [0.1, 0.15) is 6.54 Å². The van der Waals surface area contributed by atoms with Crippen molar-refractivity contribution in [1.29, 1.82) is 0 Å². The van der Waals surface area contributed by atoms with Gasteiger partial charge in [0.05, 0.1) is 6.61 Å². The highest BCUT2D eigenvalue weighted by Gasteiger charge is 2.22. The summed E-state index contributed by atoms with van der Waals surface area (Å²) in [5.74, 6) is -3.44. The third kappa shape index (κ3) is 7.14. The monoisotopic (exact) mass is 287 g/mol. The molecule has 0 aliphatic heterocycles. The molecule has 0 aromatic heterocycles. The molecule has 1 N–H and O–H groups in total. The van der Waals surface area contributed by atoms with E-state index in [1.807, 2.05) is 0 Å². The predicted octanol–water partition coefficient (Wildman–Crippen LogP) is -0.420. The van der Waals surface area contributed by atoms with Crippen LogP contribution in [0.1, 0.15) is 13.8 Å². The molecule has 0 saturated heterocycles. The Hall–Kier alpha value is -2.38. The summed E-state index contributed by atoms with van der Waals surface area (Å²) in [6.45, 7) is 2.89. The molecule has 0 spiro atoms. The summed E-state index contributed by atoms with van der Waals surface area (Å²) in [6, 6.07) is 0. The average molecular weight is 287 g/mol. The first kappa shape index (κ1) is 17.6. The van der Waals surface area contributed by atoms with Crippen LogP contribution in [0.5, 0.6) is 0 Å². The molecule has 0 aromatic rings. The first-order valence-electron chi connectivity index (χ1n) is 5.80. The molecule has 112 valence electrons. The quantitative estimate of drug-likeness (QED) is 0.500. The molecule has 20 heavy (non-hydrogen) atoms. The number of hydrogen-bond acceptors (Lipinski definition) is 6. The van der Waals surface area contributed by atoms with E-state index in [9.17, 15) is 19.2 Å². The van der Waals surface area contributed by atoms with E-state index in [0.29, 0.717) is 12.2 Å². The standard InChI is InChI=1S/C12H17NO7/c1-4-19-11(17)7-13(3)12(18)8(2)20-10(16)6-5-9(14)15/h5-6,8H,4,7H2,1-3H3,(H,14,15). The second-order valence-electron chi connectivity index (χ2n) is 3.75. The van der Waals surface area contributed by atoms with Crippen molar-refractivity contribution in [3.05, 3.63) is 12.2 Å². The zero-order valence-corrected chi connectivity index (χ0v) is 11.5. The van der Waals surface area contributed by atoms with Crippen LogP contribution >= 0.6 is 0 Å². The van der Waals surface area contributed by atoms with Gasteiger partial charge in [0, 0.05) is 19.2 Å². The van der Waals surface area contributed by atoms with Crippen LogP contribution in [0.25, 0.3) is 0 Å². The van der Waals surface area contributed by atoms with Gasteiger partial charge in [-0.1, -0.05) is 0 Å². The van der Waals surface area contributed by atoms with Gasteiger partial charge in [0.15, 0.2) is 6.10 Å². The summed E-state index contributed by atoms with van der Waals surface area (Å²) in [6.07, 6.45) is 0.152. The summed E-state index contributed by atoms with van der Waals surface area (Å²) < 4.78 is 9.36. The minimum Gasteiger partial charge on any atom is -0.478 e. The number of rotatable bonds is 7. The van der Waals surface area contributed by atoms with Gasteiger partial charge in [-0.15, -0.1) is 0 Å². The van der Waals surface area contributed by atoms with Crippen molar-refractivity contribution >= 4 is 23.8 Å². The molecule has 8 heteroatoms. The lowest BCUT2D eigenvalue weighted by Crippen LogP contribution is -2.40. The van der Waals surface area contributed by atoms with Crippen molar-refractivity contribution in [2.24, 2.45) is 0 Å². The molecule has 0 radical (unpaired) electrons. The number of aliphatic carboxylic acids is 1. The Labute approximate surface area is 115 Å². The Morgan fingerprint density at radius 2 is 1.85 bits per heavy atom. The van der Waals surface area contributed by atoms with Crippen LogP contribution in [0.15, 0.2) is 12.2 Å². The van der Waals surface area contributed by atoms with E-state index in [0.717, 1.165) is 4.90 Å². The topological polar surface area (TPSA) is 110 Å². The van der Waals surface area contributed by atoms with Crippen molar-refractivity contribution in [3.8, 4) is 0 Å². The molecule has 1 unspecified atom stereocenters. The summed E-state index contributed by atoms with van der Waals surface area (Å²) in [5.41, 5.74) is 0. The molecule has 0 aliphatic carbocycles. The molecule has 0 bridgehead atoms. The fourth-order valence-electron chi connectivity index (χ4n) is 1.19. The normalized spacial score (nSPS) is 11.8. The summed E-state index contributed by atoms with van der Waals surface area (Å²) in [4.78, 5) is 45.4. The van der Waals surface area contributed by atoms with Gasteiger partial charge in [0.25, 0.3) is 5.91 Å². The number of amides is 1.